The van der Waals surface area contributed by atoms with Crippen LogP contribution < -0.4 is 10.3 Å². The lowest BCUT2D eigenvalue weighted by Gasteiger charge is -2.13. The van der Waals surface area contributed by atoms with E-state index in [4.69, 9.17) is 4.74 Å². The van der Waals surface area contributed by atoms with Gasteiger partial charge in [0.05, 0.1) is 6.10 Å². The summed E-state index contributed by atoms with van der Waals surface area (Å²) in [5, 5.41) is 1.65. The molecule has 0 spiro atoms. The number of pyridine rings is 1. The number of aromatic nitrogens is 1. The van der Waals surface area contributed by atoms with Gasteiger partial charge in [0, 0.05) is 11.6 Å². The van der Waals surface area contributed by atoms with Crippen LogP contribution in [0.25, 0.3) is 10.8 Å². The first kappa shape index (κ1) is 10.4. The molecule has 3 rings (SSSR count). The van der Waals surface area contributed by atoms with Crippen LogP contribution in [0.15, 0.2) is 35.3 Å². The van der Waals surface area contributed by atoms with E-state index in [-0.39, 0.29) is 5.56 Å². The molecule has 88 valence electrons. The lowest BCUT2D eigenvalue weighted by Crippen LogP contribution is -2.11. The van der Waals surface area contributed by atoms with Gasteiger partial charge in [-0.15, -0.1) is 0 Å². The molecule has 0 bridgehead atoms. The third kappa shape index (κ3) is 2.05. The zero-order valence-electron chi connectivity index (χ0n) is 9.61. The van der Waals surface area contributed by atoms with Crippen LogP contribution in [-0.2, 0) is 0 Å². The molecule has 0 amide bonds. The predicted molar refractivity (Wildman–Crippen MR) is 67.5 cm³/mol. The molecule has 1 saturated carbocycles. The van der Waals surface area contributed by atoms with Gasteiger partial charge in [0.25, 0.3) is 5.56 Å². The Morgan fingerprint density at radius 2 is 2.00 bits per heavy atom. The SMILES string of the molecule is O=c1[nH]ccc2cc(OC3CCCC3)ccc12. The van der Waals surface area contributed by atoms with Gasteiger partial charge in [-0.05, 0) is 55.3 Å². The summed E-state index contributed by atoms with van der Waals surface area (Å²) in [7, 11) is 0. The molecular weight excluding hydrogens is 214 g/mol. The smallest absolute Gasteiger partial charge is 0.255 e. The molecule has 0 unspecified atom stereocenters. The summed E-state index contributed by atoms with van der Waals surface area (Å²) in [5.41, 5.74) is -0.0464. The number of hydrogen-bond acceptors (Lipinski definition) is 2. The molecule has 0 aliphatic heterocycles. The normalized spacial score (nSPS) is 16.5. The first-order valence-electron chi connectivity index (χ1n) is 6.11. The molecule has 0 atom stereocenters. The second kappa shape index (κ2) is 4.24. The molecule has 17 heavy (non-hydrogen) atoms. The van der Waals surface area contributed by atoms with Crippen LogP contribution in [0.3, 0.4) is 0 Å². The average molecular weight is 229 g/mol. The lowest BCUT2D eigenvalue weighted by atomic mass is 10.1. The molecule has 1 N–H and O–H groups in total. The summed E-state index contributed by atoms with van der Waals surface area (Å²) in [5.74, 6) is 0.870. The average Bonchev–Trinajstić information content (AvgIpc) is 2.82. The monoisotopic (exact) mass is 229 g/mol. The molecular formula is C14H15NO2. The lowest BCUT2D eigenvalue weighted by molar-refractivity contribution is 0.210. The van der Waals surface area contributed by atoms with Crippen molar-refractivity contribution in [2.24, 2.45) is 0 Å². The Bertz CT molecular complexity index is 582. The van der Waals surface area contributed by atoms with Gasteiger partial charge >= 0.3 is 0 Å². The zero-order chi connectivity index (χ0) is 11.7. The second-order valence-electron chi connectivity index (χ2n) is 4.58. The molecule has 1 aromatic carbocycles. The maximum Gasteiger partial charge on any atom is 0.255 e. The van der Waals surface area contributed by atoms with Crippen molar-refractivity contribution in [1.82, 2.24) is 4.98 Å². The van der Waals surface area contributed by atoms with Crippen LogP contribution in [-0.4, -0.2) is 11.1 Å². The van der Waals surface area contributed by atoms with Crippen molar-refractivity contribution in [3.8, 4) is 5.75 Å². The van der Waals surface area contributed by atoms with Gasteiger partial charge in [0.2, 0.25) is 0 Å². The minimum atomic E-state index is -0.0464. The van der Waals surface area contributed by atoms with Crippen LogP contribution in [0.4, 0.5) is 0 Å². The Morgan fingerprint density at radius 1 is 1.18 bits per heavy atom. The molecule has 1 aliphatic rings. The summed E-state index contributed by atoms with van der Waals surface area (Å²) in [6.45, 7) is 0. The van der Waals surface area contributed by atoms with Crippen LogP contribution in [0.1, 0.15) is 25.7 Å². The number of fused-ring (bicyclic) bond motifs is 1. The van der Waals surface area contributed by atoms with Crippen LogP contribution in [0.2, 0.25) is 0 Å². The Labute approximate surface area is 99.4 Å². The molecule has 1 heterocycles. The Morgan fingerprint density at radius 3 is 2.82 bits per heavy atom. The number of rotatable bonds is 2. The first-order valence-corrected chi connectivity index (χ1v) is 6.11. The second-order valence-corrected chi connectivity index (χ2v) is 4.58. The Balaban J connectivity index is 1.93. The van der Waals surface area contributed by atoms with E-state index in [0.717, 1.165) is 24.0 Å². The molecule has 1 fully saturated rings. The number of ether oxygens (including phenoxy) is 1. The van der Waals surface area contributed by atoms with Crippen molar-refractivity contribution >= 4 is 10.8 Å². The van der Waals surface area contributed by atoms with Crippen molar-refractivity contribution in [2.75, 3.05) is 0 Å². The van der Waals surface area contributed by atoms with Gasteiger partial charge in [0.15, 0.2) is 0 Å². The standard InChI is InChI=1S/C14H15NO2/c16-14-13-6-5-12(9-10(13)7-8-15-14)17-11-3-1-2-4-11/h5-9,11H,1-4H2,(H,15,16). The van der Waals surface area contributed by atoms with E-state index in [1.54, 1.807) is 6.20 Å². The molecule has 3 heteroatoms. The molecule has 2 aromatic rings. The number of aromatic amines is 1. The van der Waals surface area contributed by atoms with Crippen LogP contribution in [0, 0.1) is 0 Å². The molecule has 0 saturated heterocycles. The maximum absolute atomic E-state index is 11.5. The first-order chi connectivity index (χ1) is 8.33. The minimum absolute atomic E-state index is 0.0464. The molecule has 0 radical (unpaired) electrons. The number of benzene rings is 1. The quantitative estimate of drug-likeness (QED) is 0.860. The van der Waals surface area contributed by atoms with Gasteiger partial charge in [-0.25, -0.2) is 0 Å². The summed E-state index contributed by atoms with van der Waals surface area (Å²) in [6.07, 6.45) is 6.84. The summed E-state index contributed by atoms with van der Waals surface area (Å²) >= 11 is 0. The summed E-state index contributed by atoms with van der Waals surface area (Å²) in [6, 6.07) is 7.56. The van der Waals surface area contributed by atoms with E-state index in [9.17, 15) is 4.79 Å². The van der Waals surface area contributed by atoms with Gasteiger partial charge in [-0.2, -0.15) is 0 Å². The van der Waals surface area contributed by atoms with Crippen molar-refractivity contribution in [1.29, 1.82) is 0 Å². The number of hydrogen-bond donors (Lipinski definition) is 1. The number of nitrogens with one attached hydrogen (secondary N) is 1. The van der Waals surface area contributed by atoms with Crippen LogP contribution >= 0.6 is 0 Å². The van der Waals surface area contributed by atoms with Gasteiger partial charge in [-0.1, -0.05) is 0 Å². The number of H-pyrrole nitrogens is 1. The third-order valence-corrected chi connectivity index (χ3v) is 3.35. The van der Waals surface area contributed by atoms with Gasteiger partial charge in [-0.3, -0.25) is 4.79 Å². The van der Waals surface area contributed by atoms with Crippen molar-refractivity contribution in [3.63, 3.8) is 0 Å². The van der Waals surface area contributed by atoms with E-state index in [0.29, 0.717) is 11.5 Å². The Hall–Kier alpha value is -1.77. The highest BCUT2D eigenvalue weighted by Crippen LogP contribution is 2.25. The highest BCUT2D eigenvalue weighted by Gasteiger charge is 2.16. The maximum atomic E-state index is 11.5. The van der Waals surface area contributed by atoms with Gasteiger partial charge < -0.3 is 9.72 Å². The predicted octanol–water partition coefficient (Wildman–Crippen LogP) is 2.85. The van der Waals surface area contributed by atoms with E-state index in [1.807, 2.05) is 24.3 Å². The van der Waals surface area contributed by atoms with E-state index < -0.39 is 0 Å². The van der Waals surface area contributed by atoms with E-state index in [2.05, 4.69) is 4.98 Å². The highest BCUT2D eigenvalue weighted by molar-refractivity contribution is 5.82. The van der Waals surface area contributed by atoms with Gasteiger partial charge in [0.1, 0.15) is 5.75 Å². The van der Waals surface area contributed by atoms with Crippen LogP contribution in [0.5, 0.6) is 5.75 Å². The van der Waals surface area contributed by atoms with Crippen molar-refractivity contribution in [3.05, 3.63) is 40.8 Å². The van der Waals surface area contributed by atoms with Crippen molar-refractivity contribution < 1.29 is 4.74 Å². The fraction of sp³-hybridized carbons (Fsp3) is 0.357. The van der Waals surface area contributed by atoms with Crippen molar-refractivity contribution in [2.45, 2.75) is 31.8 Å². The zero-order valence-corrected chi connectivity index (χ0v) is 9.61. The minimum Gasteiger partial charge on any atom is -0.490 e. The van der Waals surface area contributed by atoms with E-state index in [1.165, 1.54) is 12.8 Å². The fourth-order valence-corrected chi connectivity index (χ4v) is 2.44. The largest absolute Gasteiger partial charge is 0.490 e. The van der Waals surface area contributed by atoms with E-state index >= 15 is 0 Å². The highest BCUT2D eigenvalue weighted by atomic mass is 16.5. The molecule has 1 aromatic heterocycles. The Kier molecular flexibility index (Phi) is 2.59. The molecule has 3 nitrogen and oxygen atoms in total. The molecule has 1 aliphatic carbocycles. The summed E-state index contributed by atoms with van der Waals surface area (Å²) < 4.78 is 5.91. The topological polar surface area (TPSA) is 42.1 Å². The summed E-state index contributed by atoms with van der Waals surface area (Å²) in [4.78, 5) is 14.2. The third-order valence-electron chi connectivity index (χ3n) is 3.35. The fourth-order valence-electron chi connectivity index (χ4n) is 2.44.